The predicted octanol–water partition coefficient (Wildman–Crippen LogP) is 0.928. The summed E-state index contributed by atoms with van der Waals surface area (Å²) in [6.07, 6.45) is -2.13. The first-order valence-corrected chi connectivity index (χ1v) is 9.36. The second-order valence-corrected chi connectivity index (χ2v) is 7.13. The van der Waals surface area contributed by atoms with Crippen molar-refractivity contribution in [2.24, 2.45) is 0 Å². The SMILES string of the molecule is N#Cc1ccc(OCC(F)CN2CC3CN(CCNC(=O)O)CC(C2)O3)cc1. The van der Waals surface area contributed by atoms with Crippen LogP contribution >= 0.6 is 0 Å². The van der Waals surface area contributed by atoms with Crippen LogP contribution in [-0.4, -0.2) is 91.8 Å². The average molecular weight is 392 g/mol. The molecule has 1 aromatic rings. The predicted molar refractivity (Wildman–Crippen MR) is 99.1 cm³/mol. The lowest BCUT2D eigenvalue weighted by molar-refractivity contribution is -0.140. The Bertz CT molecular complexity index is 682. The monoisotopic (exact) mass is 392 g/mol. The van der Waals surface area contributed by atoms with Crippen molar-refractivity contribution >= 4 is 6.09 Å². The van der Waals surface area contributed by atoms with E-state index in [1.54, 1.807) is 24.3 Å². The summed E-state index contributed by atoms with van der Waals surface area (Å²) in [6.45, 7) is 4.01. The molecule has 9 heteroatoms. The first kappa shape index (κ1) is 20.3. The Morgan fingerprint density at radius 1 is 1.29 bits per heavy atom. The molecule has 2 aliphatic rings. The number of hydrogen-bond donors (Lipinski definition) is 2. The summed E-state index contributed by atoms with van der Waals surface area (Å²) in [5, 5.41) is 19.8. The molecule has 2 bridgehead atoms. The number of morpholine rings is 2. The second kappa shape index (κ2) is 9.68. The summed E-state index contributed by atoms with van der Waals surface area (Å²) in [4.78, 5) is 14.8. The highest BCUT2D eigenvalue weighted by molar-refractivity contribution is 5.64. The summed E-state index contributed by atoms with van der Waals surface area (Å²) < 4.78 is 25.8. The van der Waals surface area contributed by atoms with Gasteiger partial charge in [0.2, 0.25) is 0 Å². The number of fused-ring (bicyclic) bond motifs is 2. The molecule has 1 amide bonds. The molecule has 8 nitrogen and oxygen atoms in total. The molecule has 152 valence electrons. The van der Waals surface area contributed by atoms with Crippen LogP contribution in [0.3, 0.4) is 0 Å². The van der Waals surface area contributed by atoms with Gasteiger partial charge in [-0.25, -0.2) is 9.18 Å². The van der Waals surface area contributed by atoms with Crippen LogP contribution in [0.25, 0.3) is 0 Å². The molecule has 3 rings (SSSR count). The average Bonchev–Trinajstić information content (AvgIpc) is 2.66. The van der Waals surface area contributed by atoms with Crippen molar-refractivity contribution < 1.29 is 23.8 Å². The summed E-state index contributed by atoms with van der Waals surface area (Å²) in [5.41, 5.74) is 0.539. The number of rotatable bonds is 8. The standard InChI is InChI=1S/C19H25FN4O4/c20-15(13-27-16-3-1-14(7-21)2-4-16)8-24-11-17-9-23(6-5-22-19(25)26)10-18(12-24)28-17/h1-4,15,17-18,22H,5-6,8-13H2,(H,25,26). The highest BCUT2D eigenvalue weighted by atomic mass is 19.1. The maximum Gasteiger partial charge on any atom is 0.404 e. The molecule has 2 N–H and O–H groups in total. The third kappa shape index (κ3) is 6.05. The van der Waals surface area contributed by atoms with Gasteiger partial charge in [0, 0.05) is 45.8 Å². The van der Waals surface area contributed by atoms with Crippen molar-refractivity contribution in [2.45, 2.75) is 18.4 Å². The lowest BCUT2D eigenvalue weighted by atomic mass is 10.1. The zero-order valence-electron chi connectivity index (χ0n) is 15.6. The lowest BCUT2D eigenvalue weighted by Gasteiger charge is -2.46. The van der Waals surface area contributed by atoms with Crippen LogP contribution in [0.2, 0.25) is 0 Å². The Balaban J connectivity index is 1.39. The zero-order chi connectivity index (χ0) is 19.9. The van der Waals surface area contributed by atoms with Crippen molar-refractivity contribution in [1.29, 1.82) is 5.26 Å². The third-order valence-corrected chi connectivity index (χ3v) is 4.81. The van der Waals surface area contributed by atoms with E-state index in [9.17, 15) is 9.18 Å². The van der Waals surface area contributed by atoms with Gasteiger partial charge in [-0.2, -0.15) is 5.26 Å². The van der Waals surface area contributed by atoms with Gasteiger partial charge in [-0.3, -0.25) is 9.80 Å². The van der Waals surface area contributed by atoms with E-state index >= 15 is 0 Å². The number of ether oxygens (including phenoxy) is 2. The number of hydrogen-bond acceptors (Lipinski definition) is 6. The highest BCUT2D eigenvalue weighted by Crippen LogP contribution is 2.20. The molecule has 2 heterocycles. The zero-order valence-corrected chi connectivity index (χ0v) is 15.6. The number of benzene rings is 1. The molecule has 2 aliphatic heterocycles. The summed E-state index contributed by atoms with van der Waals surface area (Å²) in [6, 6.07) is 8.64. The van der Waals surface area contributed by atoms with E-state index < -0.39 is 12.3 Å². The number of halogens is 1. The van der Waals surface area contributed by atoms with E-state index in [1.807, 2.05) is 6.07 Å². The van der Waals surface area contributed by atoms with E-state index in [4.69, 9.17) is 19.8 Å². The highest BCUT2D eigenvalue weighted by Gasteiger charge is 2.35. The van der Waals surface area contributed by atoms with Crippen molar-refractivity contribution in [2.75, 3.05) is 52.4 Å². The largest absolute Gasteiger partial charge is 0.491 e. The number of nitrogens with zero attached hydrogens (tertiary/aromatic N) is 3. The fourth-order valence-electron chi connectivity index (χ4n) is 3.66. The van der Waals surface area contributed by atoms with Crippen LogP contribution in [0.1, 0.15) is 5.56 Å². The van der Waals surface area contributed by atoms with Crippen molar-refractivity contribution in [3.8, 4) is 11.8 Å². The number of carbonyl (C=O) groups is 1. The third-order valence-electron chi connectivity index (χ3n) is 4.81. The maximum absolute atomic E-state index is 14.4. The molecule has 0 saturated carbocycles. The minimum atomic E-state index is -1.12. The van der Waals surface area contributed by atoms with Gasteiger partial charge in [0.1, 0.15) is 18.5 Å². The van der Waals surface area contributed by atoms with Crippen LogP contribution in [0, 0.1) is 11.3 Å². The fourth-order valence-corrected chi connectivity index (χ4v) is 3.66. The molecule has 3 unspecified atom stereocenters. The summed E-state index contributed by atoms with van der Waals surface area (Å²) >= 11 is 0. The molecular weight excluding hydrogens is 367 g/mol. The molecule has 28 heavy (non-hydrogen) atoms. The van der Waals surface area contributed by atoms with Crippen molar-refractivity contribution in [3.63, 3.8) is 0 Å². The van der Waals surface area contributed by atoms with E-state index in [-0.39, 0.29) is 25.4 Å². The molecule has 0 aromatic heterocycles. The molecule has 3 atom stereocenters. The Morgan fingerprint density at radius 2 is 1.93 bits per heavy atom. The molecule has 2 saturated heterocycles. The van der Waals surface area contributed by atoms with Crippen LogP contribution < -0.4 is 10.1 Å². The first-order valence-electron chi connectivity index (χ1n) is 9.36. The molecule has 0 spiro atoms. The van der Waals surface area contributed by atoms with Crippen LogP contribution in [0.5, 0.6) is 5.75 Å². The van der Waals surface area contributed by atoms with Crippen molar-refractivity contribution in [1.82, 2.24) is 15.1 Å². The minimum Gasteiger partial charge on any atom is -0.491 e. The smallest absolute Gasteiger partial charge is 0.404 e. The minimum absolute atomic E-state index is 0.00368. The number of nitriles is 1. The summed E-state index contributed by atoms with van der Waals surface area (Å²) in [5.74, 6) is 0.547. The van der Waals surface area contributed by atoms with Gasteiger partial charge in [0.25, 0.3) is 0 Å². The van der Waals surface area contributed by atoms with E-state index in [0.29, 0.717) is 50.6 Å². The topological polar surface area (TPSA) is 98.1 Å². The van der Waals surface area contributed by atoms with E-state index in [1.165, 1.54) is 0 Å². The van der Waals surface area contributed by atoms with Crippen LogP contribution in [0.15, 0.2) is 24.3 Å². The van der Waals surface area contributed by atoms with Crippen LogP contribution in [0.4, 0.5) is 9.18 Å². The number of alkyl halides is 1. The first-order chi connectivity index (χ1) is 13.5. The summed E-state index contributed by atoms with van der Waals surface area (Å²) in [7, 11) is 0. The quantitative estimate of drug-likeness (QED) is 0.679. The fraction of sp³-hybridized carbons (Fsp3) is 0.579. The van der Waals surface area contributed by atoms with Gasteiger partial charge in [0.05, 0.1) is 23.8 Å². The molecule has 1 aromatic carbocycles. The second-order valence-electron chi connectivity index (χ2n) is 7.13. The molecule has 0 aliphatic carbocycles. The molecule has 2 fully saturated rings. The molecule has 0 radical (unpaired) electrons. The normalized spacial score (nSPS) is 23.6. The van der Waals surface area contributed by atoms with Gasteiger partial charge in [-0.15, -0.1) is 0 Å². The van der Waals surface area contributed by atoms with Gasteiger partial charge < -0.3 is 19.9 Å². The number of nitrogens with one attached hydrogen (secondary N) is 1. The van der Waals surface area contributed by atoms with Crippen molar-refractivity contribution in [3.05, 3.63) is 29.8 Å². The number of amides is 1. The Labute approximate surface area is 163 Å². The maximum atomic E-state index is 14.4. The van der Waals surface area contributed by atoms with Gasteiger partial charge in [-0.05, 0) is 24.3 Å². The lowest BCUT2D eigenvalue weighted by Crippen LogP contribution is -2.60. The molecular formula is C19H25FN4O4. The van der Waals surface area contributed by atoms with Gasteiger partial charge >= 0.3 is 6.09 Å². The van der Waals surface area contributed by atoms with Gasteiger partial charge in [0.15, 0.2) is 0 Å². The Hall–Kier alpha value is -2.41. The Morgan fingerprint density at radius 3 is 2.54 bits per heavy atom. The van der Waals surface area contributed by atoms with Gasteiger partial charge in [-0.1, -0.05) is 0 Å². The Kier molecular flexibility index (Phi) is 7.03. The van der Waals surface area contributed by atoms with E-state index in [0.717, 1.165) is 0 Å². The van der Waals surface area contributed by atoms with Crippen LogP contribution in [-0.2, 0) is 4.74 Å². The van der Waals surface area contributed by atoms with E-state index in [2.05, 4.69) is 15.1 Å². The number of carboxylic acid groups (broad SMARTS) is 1.